The lowest BCUT2D eigenvalue weighted by Crippen LogP contribution is -2.41. The standard InChI is InChI=1S/C27H26F2N2O6/c1-16(31-26(33)25-23(5-4-14-30-25)36-15-35-18(3)32)27(34)37-17(2)24(19-6-10-21(28)11-7-19)20-8-12-22(29)13-9-20/h4-14,16-17,24H,15H2,1-3H3,(H,31,33)/t16-,17-/m0/s1. The van der Waals surface area contributed by atoms with Gasteiger partial charge in [-0.3, -0.25) is 9.59 Å². The number of carbonyl (C=O) groups is 3. The molecule has 0 fully saturated rings. The van der Waals surface area contributed by atoms with Gasteiger partial charge in [-0.25, -0.2) is 18.6 Å². The minimum atomic E-state index is -1.07. The molecule has 1 heterocycles. The lowest BCUT2D eigenvalue weighted by atomic mass is 9.87. The summed E-state index contributed by atoms with van der Waals surface area (Å²) in [6, 6.07) is 13.4. The third kappa shape index (κ3) is 7.57. The van der Waals surface area contributed by atoms with E-state index >= 15 is 0 Å². The summed E-state index contributed by atoms with van der Waals surface area (Å²) in [4.78, 5) is 40.5. The third-order valence-corrected chi connectivity index (χ3v) is 5.39. The van der Waals surface area contributed by atoms with Crippen LogP contribution in [0.15, 0.2) is 66.9 Å². The van der Waals surface area contributed by atoms with Crippen molar-refractivity contribution in [3.8, 4) is 5.75 Å². The summed E-state index contributed by atoms with van der Waals surface area (Å²) < 4.78 is 42.7. The molecule has 2 aromatic carbocycles. The number of amides is 1. The summed E-state index contributed by atoms with van der Waals surface area (Å²) in [6.07, 6.45) is 0.620. The number of aromatic nitrogens is 1. The molecule has 0 unspecified atom stereocenters. The average molecular weight is 513 g/mol. The number of carbonyl (C=O) groups excluding carboxylic acids is 3. The second-order valence-electron chi connectivity index (χ2n) is 8.17. The molecule has 194 valence electrons. The van der Waals surface area contributed by atoms with Crippen molar-refractivity contribution in [2.75, 3.05) is 6.79 Å². The van der Waals surface area contributed by atoms with Gasteiger partial charge < -0.3 is 19.5 Å². The van der Waals surface area contributed by atoms with E-state index < -0.39 is 54.3 Å². The molecule has 3 aromatic rings. The molecule has 8 nitrogen and oxygen atoms in total. The highest BCUT2D eigenvalue weighted by molar-refractivity contribution is 5.97. The molecule has 1 N–H and O–H groups in total. The van der Waals surface area contributed by atoms with Crippen LogP contribution in [0, 0.1) is 11.6 Å². The molecular weight excluding hydrogens is 486 g/mol. The SMILES string of the molecule is CC(=O)OCOc1cccnc1C(=O)N[C@@H](C)C(=O)O[C@@H](C)C(c1ccc(F)cc1)c1ccc(F)cc1. The average Bonchev–Trinajstić information content (AvgIpc) is 2.86. The highest BCUT2D eigenvalue weighted by Crippen LogP contribution is 2.30. The molecule has 0 radical (unpaired) electrons. The fourth-order valence-electron chi connectivity index (χ4n) is 3.61. The zero-order valence-corrected chi connectivity index (χ0v) is 20.4. The summed E-state index contributed by atoms with van der Waals surface area (Å²) >= 11 is 0. The summed E-state index contributed by atoms with van der Waals surface area (Å²) in [5, 5.41) is 2.51. The second-order valence-corrected chi connectivity index (χ2v) is 8.17. The quantitative estimate of drug-likeness (QED) is 0.322. The maximum atomic E-state index is 13.5. The van der Waals surface area contributed by atoms with E-state index in [0.29, 0.717) is 11.1 Å². The molecule has 3 rings (SSSR count). The number of nitrogens with one attached hydrogen (secondary N) is 1. The van der Waals surface area contributed by atoms with Crippen LogP contribution in [0.2, 0.25) is 0 Å². The largest absolute Gasteiger partial charge is 0.460 e. The number of ether oxygens (including phenoxy) is 3. The van der Waals surface area contributed by atoms with Crippen LogP contribution >= 0.6 is 0 Å². The number of pyridine rings is 1. The van der Waals surface area contributed by atoms with Crippen LogP contribution < -0.4 is 10.1 Å². The van der Waals surface area contributed by atoms with Crippen molar-refractivity contribution in [2.45, 2.75) is 38.8 Å². The summed E-state index contributed by atoms with van der Waals surface area (Å²) in [5.74, 6) is -3.30. The Bertz CT molecular complexity index is 1190. The molecule has 0 saturated carbocycles. The van der Waals surface area contributed by atoms with Crippen LogP contribution in [0.4, 0.5) is 8.78 Å². The summed E-state index contributed by atoms with van der Waals surface area (Å²) in [7, 11) is 0. The second kappa shape index (κ2) is 12.6. The molecule has 2 atom stereocenters. The lowest BCUT2D eigenvalue weighted by Gasteiger charge is -2.26. The van der Waals surface area contributed by atoms with Crippen molar-refractivity contribution in [1.29, 1.82) is 0 Å². The van der Waals surface area contributed by atoms with Gasteiger partial charge in [0.2, 0.25) is 6.79 Å². The smallest absolute Gasteiger partial charge is 0.328 e. The van der Waals surface area contributed by atoms with Crippen LogP contribution in [0.1, 0.15) is 48.3 Å². The van der Waals surface area contributed by atoms with Crippen molar-refractivity contribution in [1.82, 2.24) is 10.3 Å². The Balaban J connectivity index is 1.71. The van der Waals surface area contributed by atoms with E-state index in [1.54, 1.807) is 31.2 Å². The van der Waals surface area contributed by atoms with Crippen LogP contribution in [0.25, 0.3) is 0 Å². The number of hydrogen-bond donors (Lipinski definition) is 1. The number of esters is 2. The molecule has 0 aliphatic heterocycles. The van der Waals surface area contributed by atoms with Gasteiger partial charge in [-0.05, 0) is 61.4 Å². The molecule has 37 heavy (non-hydrogen) atoms. The zero-order valence-electron chi connectivity index (χ0n) is 20.4. The van der Waals surface area contributed by atoms with Crippen LogP contribution in [-0.2, 0) is 19.1 Å². The van der Waals surface area contributed by atoms with Gasteiger partial charge in [0.25, 0.3) is 5.91 Å². The summed E-state index contributed by atoms with van der Waals surface area (Å²) in [5.41, 5.74) is 1.21. The Morgan fingerprint density at radius 1 is 0.919 bits per heavy atom. The molecule has 0 aliphatic rings. The van der Waals surface area contributed by atoms with E-state index in [4.69, 9.17) is 14.2 Å². The van der Waals surface area contributed by atoms with Crippen molar-refractivity contribution >= 4 is 17.8 Å². The predicted molar refractivity (Wildman–Crippen MR) is 129 cm³/mol. The predicted octanol–water partition coefficient (Wildman–Crippen LogP) is 4.14. The molecule has 0 spiro atoms. The maximum Gasteiger partial charge on any atom is 0.328 e. The van der Waals surface area contributed by atoms with Gasteiger partial charge in [-0.15, -0.1) is 0 Å². The van der Waals surface area contributed by atoms with Gasteiger partial charge in [0.15, 0.2) is 11.4 Å². The van der Waals surface area contributed by atoms with Crippen LogP contribution in [-0.4, -0.2) is 41.8 Å². The van der Waals surface area contributed by atoms with E-state index in [1.807, 2.05) is 0 Å². The number of halogens is 2. The normalized spacial score (nSPS) is 12.4. The van der Waals surface area contributed by atoms with E-state index in [-0.39, 0.29) is 11.4 Å². The molecular formula is C27H26F2N2O6. The Morgan fingerprint density at radius 2 is 1.49 bits per heavy atom. The van der Waals surface area contributed by atoms with Gasteiger partial charge in [-0.1, -0.05) is 24.3 Å². The Labute approximate surface area is 212 Å². The van der Waals surface area contributed by atoms with Gasteiger partial charge in [0.05, 0.1) is 0 Å². The zero-order chi connectivity index (χ0) is 26.9. The Morgan fingerprint density at radius 3 is 2.03 bits per heavy atom. The lowest BCUT2D eigenvalue weighted by molar-refractivity contribution is -0.151. The molecule has 0 bridgehead atoms. The molecule has 0 saturated heterocycles. The molecule has 10 heteroatoms. The van der Waals surface area contributed by atoms with Crippen LogP contribution in [0.5, 0.6) is 5.75 Å². The summed E-state index contributed by atoms with van der Waals surface area (Å²) in [6.45, 7) is 3.90. The Hall–Kier alpha value is -4.34. The van der Waals surface area contributed by atoms with Crippen molar-refractivity contribution in [3.63, 3.8) is 0 Å². The van der Waals surface area contributed by atoms with E-state index in [0.717, 1.165) is 0 Å². The number of rotatable bonds is 10. The van der Waals surface area contributed by atoms with E-state index in [9.17, 15) is 23.2 Å². The first-order chi connectivity index (χ1) is 17.7. The highest BCUT2D eigenvalue weighted by atomic mass is 19.1. The van der Waals surface area contributed by atoms with Gasteiger partial charge in [0, 0.05) is 19.0 Å². The van der Waals surface area contributed by atoms with Gasteiger partial charge >= 0.3 is 11.9 Å². The van der Waals surface area contributed by atoms with Crippen molar-refractivity contribution in [3.05, 3.63) is 95.3 Å². The first-order valence-corrected chi connectivity index (χ1v) is 11.4. The minimum Gasteiger partial charge on any atom is -0.460 e. The van der Waals surface area contributed by atoms with Crippen LogP contribution in [0.3, 0.4) is 0 Å². The van der Waals surface area contributed by atoms with E-state index in [2.05, 4.69) is 10.3 Å². The van der Waals surface area contributed by atoms with Gasteiger partial charge in [0.1, 0.15) is 23.8 Å². The molecule has 1 aromatic heterocycles. The fraction of sp³-hybridized carbons (Fsp3) is 0.259. The molecule has 0 aliphatic carbocycles. The maximum absolute atomic E-state index is 13.5. The topological polar surface area (TPSA) is 104 Å². The number of nitrogens with zero attached hydrogens (tertiary/aromatic N) is 1. The minimum absolute atomic E-state index is 0.0582. The van der Waals surface area contributed by atoms with Gasteiger partial charge in [-0.2, -0.15) is 0 Å². The Kier molecular flexibility index (Phi) is 9.26. The first-order valence-electron chi connectivity index (χ1n) is 11.4. The monoisotopic (exact) mass is 512 g/mol. The van der Waals surface area contributed by atoms with Crippen molar-refractivity contribution in [2.24, 2.45) is 0 Å². The van der Waals surface area contributed by atoms with Crippen molar-refractivity contribution < 1.29 is 37.4 Å². The number of hydrogen-bond acceptors (Lipinski definition) is 7. The molecule has 1 amide bonds. The third-order valence-electron chi connectivity index (χ3n) is 5.39. The van der Waals surface area contributed by atoms with E-state index in [1.165, 1.54) is 56.4 Å². The number of benzene rings is 2. The highest BCUT2D eigenvalue weighted by Gasteiger charge is 2.28. The fourth-order valence-corrected chi connectivity index (χ4v) is 3.61. The first kappa shape index (κ1) is 27.3.